The van der Waals surface area contributed by atoms with Crippen LogP contribution in [0.2, 0.25) is 5.02 Å². The summed E-state index contributed by atoms with van der Waals surface area (Å²) < 4.78 is 29.6. The Bertz CT molecular complexity index is 1590. The molecule has 0 saturated carbocycles. The third-order valence-electron chi connectivity index (χ3n) is 6.15. The fraction of sp³-hybridized carbons (Fsp3) is 0.0714. The van der Waals surface area contributed by atoms with E-state index in [2.05, 4.69) is 25.6 Å². The second kappa shape index (κ2) is 10.0. The Hall–Kier alpha value is -4.63. The van der Waals surface area contributed by atoms with E-state index in [0.717, 1.165) is 16.9 Å². The van der Waals surface area contributed by atoms with Crippen LogP contribution in [0.15, 0.2) is 85.3 Å². The molecule has 0 radical (unpaired) electrons. The van der Waals surface area contributed by atoms with Gasteiger partial charge in [0.1, 0.15) is 17.3 Å². The average Bonchev–Trinajstić information content (AvgIpc) is 3.07. The minimum atomic E-state index is -0.646. The molecule has 2 aromatic heterocycles. The van der Waals surface area contributed by atoms with E-state index in [1.54, 1.807) is 41.7 Å². The van der Waals surface area contributed by atoms with Gasteiger partial charge in [0.25, 0.3) is 0 Å². The smallest absolute Gasteiger partial charge is 0.227 e. The molecular formula is C28H20ClF2N7. The van der Waals surface area contributed by atoms with E-state index in [4.69, 9.17) is 16.6 Å². The highest BCUT2D eigenvalue weighted by atomic mass is 35.5. The van der Waals surface area contributed by atoms with E-state index in [1.165, 1.54) is 18.2 Å². The predicted molar refractivity (Wildman–Crippen MR) is 145 cm³/mol. The number of halogens is 3. The van der Waals surface area contributed by atoms with E-state index in [1.807, 2.05) is 30.3 Å². The van der Waals surface area contributed by atoms with Gasteiger partial charge in [0.2, 0.25) is 11.9 Å². The summed E-state index contributed by atoms with van der Waals surface area (Å²) in [6, 6.07) is 18.4. The quantitative estimate of drug-likeness (QED) is 0.253. The van der Waals surface area contributed by atoms with E-state index in [9.17, 15) is 8.78 Å². The Morgan fingerprint density at radius 2 is 1.47 bits per heavy atom. The predicted octanol–water partition coefficient (Wildman–Crippen LogP) is 7.05. The third kappa shape index (κ3) is 4.71. The number of hydrogen-bond donors (Lipinski definition) is 2. The summed E-state index contributed by atoms with van der Waals surface area (Å²) in [6.07, 6.45) is 5.56. The molecule has 6 rings (SSSR count). The number of hydrogen-bond acceptors (Lipinski definition) is 7. The van der Waals surface area contributed by atoms with Crippen LogP contribution in [0.4, 0.5) is 43.4 Å². The maximum absolute atomic E-state index is 14.8. The molecule has 5 aromatic rings. The Labute approximate surface area is 222 Å². The second-order valence-corrected chi connectivity index (χ2v) is 9.04. The average molecular weight is 528 g/mol. The molecule has 3 heterocycles. The molecule has 1 aliphatic rings. The van der Waals surface area contributed by atoms with Crippen LogP contribution in [-0.4, -0.2) is 26.5 Å². The fourth-order valence-electron chi connectivity index (χ4n) is 4.40. The first-order valence-corrected chi connectivity index (χ1v) is 12.2. The molecule has 10 heteroatoms. The van der Waals surface area contributed by atoms with Crippen LogP contribution in [0.25, 0.3) is 11.3 Å². The van der Waals surface area contributed by atoms with Crippen LogP contribution < -0.4 is 15.5 Å². The molecule has 0 amide bonds. The maximum Gasteiger partial charge on any atom is 0.227 e. The number of nitrogens with one attached hydrogen (secondary N) is 2. The van der Waals surface area contributed by atoms with Gasteiger partial charge < -0.3 is 15.5 Å². The van der Waals surface area contributed by atoms with Crippen molar-refractivity contribution in [2.24, 2.45) is 0 Å². The van der Waals surface area contributed by atoms with Crippen LogP contribution in [0, 0.1) is 11.6 Å². The number of anilines is 6. The van der Waals surface area contributed by atoms with Gasteiger partial charge >= 0.3 is 0 Å². The van der Waals surface area contributed by atoms with Gasteiger partial charge in [0, 0.05) is 47.1 Å². The number of aromatic nitrogens is 4. The van der Waals surface area contributed by atoms with Crippen molar-refractivity contribution in [1.29, 1.82) is 0 Å². The van der Waals surface area contributed by atoms with E-state index in [-0.39, 0.29) is 5.69 Å². The SMILES string of the molecule is Fc1cccc(F)c1N1CCc2cnc(Nc3ccc(Nc4ncccn4)cc3)nc2-c2ccc(Cl)cc21. The lowest BCUT2D eigenvalue weighted by molar-refractivity contribution is 0.580. The summed E-state index contributed by atoms with van der Waals surface area (Å²) >= 11 is 6.32. The molecule has 188 valence electrons. The van der Waals surface area contributed by atoms with Gasteiger partial charge in [0.05, 0.1) is 11.4 Å². The standard InChI is InChI=1S/C28H20ClF2N7/c29-18-5-10-21-24(15-18)38(26-22(30)3-1-4-23(26)31)14-11-17-16-34-28(37-25(17)21)36-20-8-6-19(7-9-20)35-27-32-12-2-13-33-27/h1-10,12-13,15-16H,11,14H2,(H,32,33,35)(H,34,36,37). The van der Waals surface area contributed by atoms with Crippen molar-refractivity contribution in [2.45, 2.75) is 6.42 Å². The third-order valence-corrected chi connectivity index (χ3v) is 6.38. The zero-order chi connectivity index (χ0) is 26.1. The van der Waals surface area contributed by atoms with Crippen molar-refractivity contribution in [3.05, 3.63) is 108 Å². The molecule has 1 aliphatic heterocycles. The van der Waals surface area contributed by atoms with E-state index >= 15 is 0 Å². The van der Waals surface area contributed by atoms with Crippen molar-refractivity contribution >= 4 is 46.2 Å². The molecule has 7 nitrogen and oxygen atoms in total. The topological polar surface area (TPSA) is 78.9 Å². The van der Waals surface area contributed by atoms with E-state index in [0.29, 0.717) is 46.8 Å². The zero-order valence-electron chi connectivity index (χ0n) is 19.9. The Kier molecular flexibility index (Phi) is 6.27. The molecule has 0 unspecified atom stereocenters. The number of nitrogens with zero attached hydrogens (tertiary/aromatic N) is 5. The lowest BCUT2D eigenvalue weighted by Crippen LogP contribution is -2.21. The highest BCUT2D eigenvalue weighted by Crippen LogP contribution is 2.42. The first-order valence-electron chi connectivity index (χ1n) is 11.8. The van der Waals surface area contributed by atoms with Crippen molar-refractivity contribution in [3.63, 3.8) is 0 Å². The molecule has 0 bridgehead atoms. The highest BCUT2D eigenvalue weighted by molar-refractivity contribution is 6.31. The summed E-state index contributed by atoms with van der Waals surface area (Å²) in [6.45, 7) is 0.327. The van der Waals surface area contributed by atoms with Crippen LogP contribution in [-0.2, 0) is 6.42 Å². The summed E-state index contributed by atoms with van der Waals surface area (Å²) in [4.78, 5) is 19.2. The number of fused-ring (bicyclic) bond motifs is 3. The van der Waals surface area contributed by atoms with Crippen molar-refractivity contribution in [3.8, 4) is 11.3 Å². The van der Waals surface area contributed by atoms with E-state index < -0.39 is 11.6 Å². The Morgan fingerprint density at radius 3 is 2.18 bits per heavy atom. The van der Waals surface area contributed by atoms with Gasteiger partial charge in [-0.1, -0.05) is 17.7 Å². The van der Waals surface area contributed by atoms with Gasteiger partial charge in [-0.2, -0.15) is 0 Å². The molecule has 0 fully saturated rings. The van der Waals surface area contributed by atoms with Crippen molar-refractivity contribution in [2.75, 3.05) is 22.1 Å². The van der Waals surface area contributed by atoms with Crippen molar-refractivity contribution in [1.82, 2.24) is 19.9 Å². The second-order valence-electron chi connectivity index (χ2n) is 8.60. The molecule has 0 spiro atoms. The minimum Gasteiger partial charge on any atom is -0.336 e. The fourth-order valence-corrected chi connectivity index (χ4v) is 4.57. The zero-order valence-corrected chi connectivity index (χ0v) is 20.6. The summed E-state index contributed by atoms with van der Waals surface area (Å²) in [7, 11) is 0. The molecular weight excluding hydrogens is 508 g/mol. The molecule has 0 aliphatic carbocycles. The number of para-hydroxylation sites is 1. The molecule has 0 atom stereocenters. The van der Waals surface area contributed by atoms with Crippen molar-refractivity contribution < 1.29 is 8.78 Å². The lowest BCUT2D eigenvalue weighted by Gasteiger charge is -2.26. The number of rotatable bonds is 5. The summed E-state index contributed by atoms with van der Waals surface area (Å²) in [5.41, 5.74) is 4.31. The monoisotopic (exact) mass is 527 g/mol. The lowest BCUT2D eigenvalue weighted by atomic mass is 10.0. The van der Waals surface area contributed by atoms with Gasteiger partial charge in [-0.25, -0.2) is 28.7 Å². The van der Waals surface area contributed by atoms with Crippen LogP contribution >= 0.6 is 11.6 Å². The highest BCUT2D eigenvalue weighted by Gasteiger charge is 2.26. The Morgan fingerprint density at radius 1 is 0.789 bits per heavy atom. The maximum atomic E-state index is 14.8. The van der Waals surface area contributed by atoms with Gasteiger partial charge in [0.15, 0.2) is 0 Å². The first-order chi connectivity index (χ1) is 18.5. The normalized spacial score (nSPS) is 12.3. The first kappa shape index (κ1) is 23.7. The van der Waals surface area contributed by atoms with Gasteiger partial charge in [-0.15, -0.1) is 0 Å². The molecule has 3 aromatic carbocycles. The Balaban J connectivity index is 1.32. The van der Waals surface area contributed by atoms with Crippen LogP contribution in [0.3, 0.4) is 0 Å². The number of benzene rings is 3. The van der Waals surface area contributed by atoms with Crippen LogP contribution in [0.5, 0.6) is 0 Å². The summed E-state index contributed by atoms with van der Waals surface area (Å²) in [5, 5.41) is 6.82. The molecule has 38 heavy (non-hydrogen) atoms. The van der Waals surface area contributed by atoms with Crippen LogP contribution in [0.1, 0.15) is 5.56 Å². The van der Waals surface area contributed by atoms with Gasteiger partial charge in [-0.05, 0) is 72.6 Å². The largest absolute Gasteiger partial charge is 0.336 e. The minimum absolute atomic E-state index is 0.121. The molecule has 2 N–H and O–H groups in total. The molecule has 0 saturated heterocycles. The summed E-state index contributed by atoms with van der Waals surface area (Å²) in [5.74, 6) is -0.396. The van der Waals surface area contributed by atoms with Gasteiger partial charge in [-0.3, -0.25) is 0 Å².